The monoisotopic (exact) mass is 314 g/mol. The first-order valence-electron chi connectivity index (χ1n) is 6.92. The Bertz CT molecular complexity index is 488. The number of carbonyl (C=O) groups is 2. The summed E-state index contributed by atoms with van der Waals surface area (Å²) in [6, 6.07) is -0.685. The number of carbonyl (C=O) groups excluding carboxylic acids is 2. The minimum absolute atomic E-state index is 0.0769. The summed E-state index contributed by atoms with van der Waals surface area (Å²) in [5.74, 6) is -0.150. The van der Waals surface area contributed by atoms with Crippen molar-refractivity contribution in [1.29, 1.82) is 0 Å². The summed E-state index contributed by atoms with van der Waals surface area (Å²) in [6.45, 7) is 9.66. The zero-order valence-corrected chi connectivity index (χ0v) is 13.8. The number of anilines is 1. The second-order valence-electron chi connectivity index (χ2n) is 5.18. The van der Waals surface area contributed by atoms with Crippen LogP contribution in [0.3, 0.4) is 0 Å². The van der Waals surface area contributed by atoms with E-state index in [1.807, 2.05) is 27.7 Å². The molecule has 1 aromatic rings. The summed E-state index contributed by atoms with van der Waals surface area (Å²) in [4.78, 5) is 23.7. The van der Waals surface area contributed by atoms with Crippen LogP contribution in [0, 0.1) is 5.92 Å². The van der Waals surface area contributed by atoms with E-state index in [4.69, 9.17) is 4.74 Å². The Morgan fingerprint density at radius 3 is 2.38 bits per heavy atom. The standard InChI is InChI=1S/C13H22N4O3S/c1-6-20-13(19)14-9(7(2)3)10(18)15-12-17-16-11(21-12)8(4)5/h7-9H,6H2,1-5H3,(H,14,19)(H,15,17,18). The molecule has 0 spiro atoms. The van der Waals surface area contributed by atoms with Crippen LogP contribution in [0.1, 0.15) is 45.5 Å². The molecule has 1 heterocycles. The van der Waals surface area contributed by atoms with Crippen LogP contribution in [0.5, 0.6) is 0 Å². The van der Waals surface area contributed by atoms with Crippen molar-refractivity contribution in [3.8, 4) is 0 Å². The molecule has 0 saturated heterocycles. The molecular weight excluding hydrogens is 292 g/mol. The molecular formula is C13H22N4O3S. The van der Waals surface area contributed by atoms with Gasteiger partial charge in [-0.05, 0) is 12.8 Å². The summed E-state index contributed by atoms with van der Waals surface area (Å²) in [6.07, 6.45) is -0.605. The van der Waals surface area contributed by atoms with Gasteiger partial charge in [-0.3, -0.25) is 10.1 Å². The molecule has 1 aromatic heterocycles. The fraction of sp³-hybridized carbons (Fsp3) is 0.692. The van der Waals surface area contributed by atoms with Gasteiger partial charge in [-0.2, -0.15) is 0 Å². The summed E-state index contributed by atoms with van der Waals surface area (Å²) in [5.41, 5.74) is 0. The lowest BCUT2D eigenvalue weighted by Crippen LogP contribution is -2.47. The predicted octanol–water partition coefficient (Wildman–Crippen LogP) is 2.37. The van der Waals surface area contributed by atoms with Crippen molar-refractivity contribution in [3.05, 3.63) is 5.01 Å². The van der Waals surface area contributed by atoms with Gasteiger partial charge in [-0.15, -0.1) is 10.2 Å². The fourth-order valence-corrected chi connectivity index (χ4v) is 2.28. The van der Waals surface area contributed by atoms with Crippen LogP contribution in [0.15, 0.2) is 0 Å². The number of hydrogen-bond acceptors (Lipinski definition) is 6. The van der Waals surface area contributed by atoms with E-state index in [0.717, 1.165) is 5.01 Å². The number of nitrogens with zero attached hydrogens (tertiary/aromatic N) is 2. The van der Waals surface area contributed by atoms with Crippen LogP contribution < -0.4 is 10.6 Å². The summed E-state index contributed by atoms with van der Waals surface area (Å²) in [5, 5.41) is 14.4. The third-order valence-corrected chi connectivity index (χ3v) is 3.80. The molecule has 0 aliphatic carbocycles. The van der Waals surface area contributed by atoms with E-state index in [9.17, 15) is 9.59 Å². The average Bonchev–Trinajstić information content (AvgIpc) is 2.84. The van der Waals surface area contributed by atoms with Gasteiger partial charge in [0, 0.05) is 5.92 Å². The van der Waals surface area contributed by atoms with Gasteiger partial charge in [0.05, 0.1) is 6.61 Å². The predicted molar refractivity (Wildman–Crippen MR) is 81.4 cm³/mol. The lowest BCUT2D eigenvalue weighted by Gasteiger charge is -2.20. The zero-order chi connectivity index (χ0) is 16.0. The maximum absolute atomic E-state index is 12.2. The molecule has 7 nitrogen and oxygen atoms in total. The molecule has 0 fully saturated rings. The van der Waals surface area contributed by atoms with Crippen molar-refractivity contribution in [2.45, 2.75) is 46.6 Å². The molecule has 0 radical (unpaired) electrons. The molecule has 2 N–H and O–H groups in total. The van der Waals surface area contributed by atoms with Gasteiger partial charge >= 0.3 is 6.09 Å². The van der Waals surface area contributed by atoms with Crippen LogP contribution in [0.25, 0.3) is 0 Å². The highest BCUT2D eigenvalue weighted by atomic mass is 32.1. The van der Waals surface area contributed by atoms with E-state index in [2.05, 4.69) is 20.8 Å². The fourth-order valence-electron chi connectivity index (χ4n) is 1.54. The highest BCUT2D eigenvalue weighted by molar-refractivity contribution is 7.15. The van der Waals surface area contributed by atoms with Gasteiger partial charge < -0.3 is 10.1 Å². The van der Waals surface area contributed by atoms with E-state index in [1.165, 1.54) is 11.3 Å². The number of aromatic nitrogens is 2. The van der Waals surface area contributed by atoms with E-state index < -0.39 is 12.1 Å². The van der Waals surface area contributed by atoms with Gasteiger partial charge in [0.1, 0.15) is 11.0 Å². The van der Waals surface area contributed by atoms with Gasteiger partial charge in [-0.1, -0.05) is 39.0 Å². The number of nitrogens with one attached hydrogen (secondary N) is 2. The first kappa shape index (κ1) is 17.4. The lowest BCUT2D eigenvalue weighted by molar-refractivity contribution is -0.119. The number of hydrogen-bond donors (Lipinski definition) is 2. The Balaban J connectivity index is 2.70. The SMILES string of the molecule is CCOC(=O)NC(C(=O)Nc1nnc(C(C)C)s1)C(C)C. The van der Waals surface area contributed by atoms with Crippen molar-refractivity contribution in [3.63, 3.8) is 0 Å². The molecule has 0 aliphatic heterocycles. The lowest BCUT2D eigenvalue weighted by atomic mass is 10.0. The molecule has 2 amide bonds. The summed E-state index contributed by atoms with van der Waals surface area (Å²) in [7, 11) is 0. The van der Waals surface area contributed by atoms with Crippen LogP contribution in [0.2, 0.25) is 0 Å². The first-order valence-corrected chi connectivity index (χ1v) is 7.74. The maximum atomic E-state index is 12.2. The molecule has 1 rings (SSSR count). The normalized spacial score (nSPS) is 12.3. The highest BCUT2D eigenvalue weighted by Gasteiger charge is 2.25. The molecule has 21 heavy (non-hydrogen) atoms. The summed E-state index contributed by atoms with van der Waals surface area (Å²) < 4.78 is 4.80. The Morgan fingerprint density at radius 2 is 1.90 bits per heavy atom. The molecule has 1 atom stereocenters. The number of amides is 2. The summed E-state index contributed by atoms with van der Waals surface area (Å²) >= 11 is 1.33. The van der Waals surface area contributed by atoms with Crippen LogP contribution in [-0.2, 0) is 9.53 Å². The van der Waals surface area contributed by atoms with Crippen molar-refractivity contribution in [2.24, 2.45) is 5.92 Å². The molecule has 1 unspecified atom stereocenters. The maximum Gasteiger partial charge on any atom is 0.407 e. The largest absolute Gasteiger partial charge is 0.450 e. The van der Waals surface area contributed by atoms with Crippen molar-refractivity contribution in [1.82, 2.24) is 15.5 Å². The molecule has 8 heteroatoms. The molecule has 0 aromatic carbocycles. The average molecular weight is 314 g/mol. The van der Waals surface area contributed by atoms with Gasteiger partial charge in [0.2, 0.25) is 11.0 Å². The van der Waals surface area contributed by atoms with Gasteiger partial charge in [0.25, 0.3) is 0 Å². The van der Waals surface area contributed by atoms with E-state index in [-0.39, 0.29) is 24.3 Å². The number of ether oxygens (including phenoxy) is 1. The molecule has 118 valence electrons. The third kappa shape index (κ3) is 5.30. The Kier molecular flexibility index (Phi) is 6.54. The van der Waals surface area contributed by atoms with Gasteiger partial charge in [-0.25, -0.2) is 4.79 Å². The van der Waals surface area contributed by atoms with E-state index in [1.54, 1.807) is 6.92 Å². The second-order valence-corrected chi connectivity index (χ2v) is 6.18. The third-order valence-electron chi connectivity index (χ3n) is 2.66. The Hall–Kier alpha value is -1.70. The Labute approximate surface area is 128 Å². The minimum Gasteiger partial charge on any atom is -0.450 e. The van der Waals surface area contributed by atoms with Crippen molar-refractivity contribution >= 4 is 28.5 Å². The van der Waals surface area contributed by atoms with E-state index in [0.29, 0.717) is 5.13 Å². The number of alkyl carbamates (subject to hydrolysis) is 1. The molecule has 0 saturated carbocycles. The van der Waals surface area contributed by atoms with Crippen LogP contribution in [0.4, 0.5) is 9.93 Å². The van der Waals surface area contributed by atoms with Crippen LogP contribution in [-0.4, -0.2) is 34.8 Å². The molecule has 0 bridgehead atoms. The topological polar surface area (TPSA) is 93.2 Å². The van der Waals surface area contributed by atoms with Crippen LogP contribution >= 0.6 is 11.3 Å². The molecule has 0 aliphatic rings. The van der Waals surface area contributed by atoms with Crippen molar-refractivity contribution in [2.75, 3.05) is 11.9 Å². The van der Waals surface area contributed by atoms with Gasteiger partial charge in [0.15, 0.2) is 0 Å². The quantitative estimate of drug-likeness (QED) is 0.841. The zero-order valence-electron chi connectivity index (χ0n) is 13.0. The van der Waals surface area contributed by atoms with Crippen molar-refractivity contribution < 1.29 is 14.3 Å². The highest BCUT2D eigenvalue weighted by Crippen LogP contribution is 2.22. The van der Waals surface area contributed by atoms with E-state index >= 15 is 0 Å². The smallest absolute Gasteiger partial charge is 0.407 e. The minimum atomic E-state index is -0.685. The second kappa shape index (κ2) is 7.92. The Morgan fingerprint density at radius 1 is 1.24 bits per heavy atom. The first-order chi connectivity index (χ1) is 9.85. The number of rotatable bonds is 6.